The summed E-state index contributed by atoms with van der Waals surface area (Å²) in [5.74, 6) is 0.423. The molecule has 2 saturated heterocycles. The number of benzene rings is 2. The second kappa shape index (κ2) is 16.6. The van der Waals surface area contributed by atoms with Crippen LogP contribution in [0.15, 0.2) is 83.8 Å². The lowest BCUT2D eigenvalue weighted by atomic mass is 9.95. The number of nitrogens with zero attached hydrogens (tertiary/aromatic N) is 8. The van der Waals surface area contributed by atoms with E-state index in [-0.39, 0.29) is 29.3 Å². The van der Waals surface area contributed by atoms with Gasteiger partial charge in [-0.3, -0.25) is 29.7 Å². The van der Waals surface area contributed by atoms with Gasteiger partial charge < -0.3 is 19.7 Å². The number of H-pyrrole nitrogens is 1. The first-order chi connectivity index (χ1) is 29.9. The van der Waals surface area contributed by atoms with Crippen molar-refractivity contribution in [3.8, 4) is 22.5 Å². The summed E-state index contributed by atoms with van der Waals surface area (Å²) in [7, 11) is 0. The molecule has 15 heteroatoms. The molecular formula is C47H51N11O4. The number of carbonyl (C=O) groups is 3. The van der Waals surface area contributed by atoms with Gasteiger partial charge in [0.15, 0.2) is 5.82 Å². The van der Waals surface area contributed by atoms with Crippen molar-refractivity contribution >= 4 is 45.8 Å². The van der Waals surface area contributed by atoms with Crippen molar-refractivity contribution in [1.29, 1.82) is 0 Å². The Morgan fingerprint density at radius 2 is 1.73 bits per heavy atom. The molecule has 2 aromatic carbocycles. The van der Waals surface area contributed by atoms with E-state index in [2.05, 4.69) is 88.0 Å². The Hall–Kier alpha value is -6.74. The number of urea groups is 1. The number of hydrogen-bond donors (Lipinski definition) is 3. The molecule has 1 atom stereocenters. The molecule has 318 valence electrons. The number of rotatable bonds is 10. The number of piperidine rings is 1. The number of pyridine rings is 1. The highest BCUT2D eigenvalue weighted by Crippen LogP contribution is 2.33. The molecule has 0 radical (unpaired) electrons. The third-order valence-electron chi connectivity index (χ3n) is 12.2. The summed E-state index contributed by atoms with van der Waals surface area (Å²) in [6.45, 7) is 15.1. The molecule has 3 aliphatic heterocycles. The largest absolute Gasteiger partial charge is 0.372 e. The van der Waals surface area contributed by atoms with E-state index in [0.29, 0.717) is 24.7 Å². The SMILES string of the molecule is Cc1cc(-c2ncnc3[nH]c(-c4ccc(C5=CCN(CC6CCN(c7ccc(N8CCC(=O)NC8=O)cc7)CC6)C5)nc4)cc23)ccc1C(C)NC(=O)c1nc(C(C)(C)C)no1. The van der Waals surface area contributed by atoms with Crippen molar-refractivity contribution in [3.63, 3.8) is 0 Å². The van der Waals surface area contributed by atoms with Gasteiger partial charge in [0.25, 0.3) is 0 Å². The number of amides is 4. The highest BCUT2D eigenvalue weighted by atomic mass is 16.5. The average molecular weight is 834 g/mol. The molecule has 15 nitrogen and oxygen atoms in total. The quantitative estimate of drug-likeness (QED) is 0.127. The normalized spacial score (nSPS) is 17.1. The standard InChI is InChI=1S/C47H51N11O4/c1-28-22-31(6-12-36(28)29(2)51-43(60)44-54-45(55-62-44)47(3,4)5)41-37-23-39(52-42(37)50-27-49-41)32-7-13-38(48-24-32)33-16-18-56(26-33)25-30-14-19-57(20-15-30)34-8-10-35(11-9-34)58-21-17-40(59)53-46(58)61/h6-13,16,22-24,27,29-30H,14-15,17-21,25-26H2,1-5H3,(H,51,60)(H,49,50,52)(H,53,59,61). The first-order valence-corrected chi connectivity index (χ1v) is 21.3. The summed E-state index contributed by atoms with van der Waals surface area (Å²) in [4.78, 5) is 65.2. The van der Waals surface area contributed by atoms with Crippen LogP contribution < -0.4 is 20.4 Å². The number of nitrogens with one attached hydrogen (secondary N) is 3. The number of anilines is 2. The molecule has 4 amide bonds. The van der Waals surface area contributed by atoms with Crippen LogP contribution in [0.3, 0.4) is 0 Å². The first kappa shape index (κ1) is 40.7. The minimum atomic E-state index is -0.413. The number of imide groups is 1. The molecule has 0 saturated carbocycles. The Balaban J connectivity index is 0.788. The molecular weight excluding hydrogens is 783 g/mol. The number of hydrogen-bond acceptors (Lipinski definition) is 11. The molecule has 62 heavy (non-hydrogen) atoms. The second-order valence-corrected chi connectivity index (χ2v) is 17.7. The van der Waals surface area contributed by atoms with Gasteiger partial charge in [-0.2, -0.15) is 4.98 Å². The highest BCUT2D eigenvalue weighted by molar-refractivity contribution is 6.05. The van der Waals surface area contributed by atoms with Crippen molar-refractivity contribution in [1.82, 2.24) is 45.6 Å². The molecule has 6 aromatic rings. The first-order valence-electron chi connectivity index (χ1n) is 21.3. The molecule has 0 spiro atoms. The van der Waals surface area contributed by atoms with Gasteiger partial charge in [0.1, 0.15) is 12.0 Å². The lowest BCUT2D eigenvalue weighted by Crippen LogP contribution is -2.49. The van der Waals surface area contributed by atoms with E-state index in [1.807, 2.05) is 65.1 Å². The maximum absolute atomic E-state index is 12.9. The summed E-state index contributed by atoms with van der Waals surface area (Å²) >= 11 is 0. The average Bonchev–Trinajstić information content (AvgIpc) is 4.05. The van der Waals surface area contributed by atoms with E-state index >= 15 is 0 Å². The van der Waals surface area contributed by atoms with Crippen LogP contribution >= 0.6 is 0 Å². The zero-order chi connectivity index (χ0) is 43.1. The van der Waals surface area contributed by atoms with Gasteiger partial charge in [0, 0.05) is 90.9 Å². The number of aryl methyl sites for hydroxylation is 1. The van der Waals surface area contributed by atoms with Crippen LogP contribution in [0.5, 0.6) is 0 Å². The van der Waals surface area contributed by atoms with Crippen molar-refractivity contribution in [3.05, 3.63) is 108 Å². The van der Waals surface area contributed by atoms with E-state index in [0.717, 1.165) is 107 Å². The monoisotopic (exact) mass is 833 g/mol. The van der Waals surface area contributed by atoms with Crippen LogP contribution in [-0.2, 0) is 10.2 Å². The van der Waals surface area contributed by atoms with E-state index in [9.17, 15) is 14.4 Å². The summed E-state index contributed by atoms with van der Waals surface area (Å²) in [6, 6.07) is 19.9. The Kier molecular flexibility index (Phi) is 10.9. The van der Waals surface area contributed by atoms with E-state index in [1.54, 1.807) is 11.2 Å². The molecule has 3 N–H and O–H groups in total. The van der Waals surface area contributed by atoms with Crippen molar-refractivity contribution in [2.75, 3.05) is 49.1 Å². The predicted octanol–water partition coefficient (Wildman–Crippen LogP) is 7.23. The third-order valence-corrected chi connectivity index (χ3v) is 12.2. The van der Waals surface area contributed by atoms with Crippen molar-refractivity contribution in [2.45, 2.75) is 65.3 Å². The lowest BCUT2D eigenvalue weighted by Gasteiger charge is -2.35. The van der Waals surface area contributed by atoms with Gasteiger partial charge in [-0.05, 0) is 97.8 Å². The topological polar surface area (TPSA) is 178 Å². The Labute approximate surface area is 360 Å². The van der Waals surface area contributed by atoms with Crippen LogP contribution in [0, 0.1) is 12.8 Å². The molecule has 3 aliphatic rings. The summed E-state index contributed by atoms with van der Waals surface area (Å²) in [5, 5.41) is 10.3. The van der Waals surface area contributed by atoms with Crippen molar-refractivity contribution < 1.29 is 18.9 Å². The van der Waals surface area contributed by atoms with E-state index in [1.165, 1.54) is 5.57 Å². The van der Waals surface area contributed by atoms with E-state index in [4.69, 9.17) is 9.51 Å². The maximum Gasteiger partial charge on any atom is 0.328 e. The minimum Gasteiger partial charge on any atom is -0.372 e. The smallest absolute Gasteiger partial charge is 0.328 e. The van der Waals surface area contributed by atoms with Gasteiger partial charge in [0.05, 0.1) is 17.4 Å². The lowest BCUT2D eigenvalue weighted by molar-refractivity contribution is -0.120. The van der Waals surface area contributed by atoms with Crippen LogP contribution in [-0.4, -0.2) is 92.1 Å². The Bertz CT molecular complexity index is 2670. The zero-order valence-corrected chi connectivity index (χ0v) is 35.7. The van der Waals surface area contributed by atoms with Gasteiger partial charge >= 0.3 is 17.8 Å². The molecule has 0 bridgehead atoms. The summed E-state index contributed by atoms with van der Waals surface area (Å²) in [6.07, 6.45) is 8.37. The second-order valence-electron chi connectivity index (χ2n) is 17.7. The fourth-order valence-electron chi connectivity index (χ4n) is 8.66. The van der Waals surface area contributed by atoms with Crippen LogP contribution in [0.2, 0.25) is 0 Å². The fraction of sp³-hybridized carbons (Fsp3) is 0.362. The number of aromatic amines is 1. The fourth-order valence-corrected chi connectivity index (χ4v) is 8.66. The summed E-state index contributed by atoms with van der Waals surface area (Å²) in [5.41, 5.74) is 10.3. The minimum absolute atomic E-state index is 0.0515. The van der Waals surface area contributed by atoms with Gasteiger partial charge in [0.2, 0.25) is 5.91 Å². The molecule has 9 rings (SSSR count). The Morgan fingerprint density at radius 1 is 0.952 bits per heavy atom. The third kappa shape index (κ3) is 8.44. The van der Waals surface area contributed by atoms with Gasteiger partial charge in [-0.25, -0.2) is 14.8 Å². The molecule has 7 heterocycles. The molecule has 0 aliphatic carbocycles. The predicted molar refractivity (Wildman–Crippen MR) is 237 cm³/mol. The number of carbonyl (C=O) groups excluding carboxylic acids is 3. The van der Waals surface area contributed by atoms with Crippen LogP contribution in [0.4, 0.5) is 16.2 Å². The van der Waals surface area contributed by atoms with E-state index < -0.39 is 5.91 Å². The van der Waals surface area contributed by atoms with Crippen molar-refractivity contribution in [2.24, 2.45) is 5.92 Å². The van der Waals surface area contributed by atoms with Gasteiger partial charge in [-0.1, -0.05) is 44.1 Å². The number of fused-ring (bicyclic) bond motifs is 1. The molecule has 1 unspecified atom stereocenters. The summed E-state index contributed by atoms with van der Waals surface area (Å²) < 4.78 is 5.25. The van der Waals surface area contributed by atoms with Crippen LogP contribution in [0.25, 0.3) is 39.1 Å². The van der Waals surface area contributed by atoms with Crippen LogP contribution in [0.1, 0.15) is 86.3 Å². The molecule has 2 fully saturated rings. The zero-order valence-electron chi connectivity index (χ0n) is 35.7. The molecule has 4 aromatic heterocycles. The van der Waals surface area contributed by atoms with Gasteiger partial charge in [-0.15, -0.1) is 0 Å². The Morgan fingerprint density at radius 3 is 2.44 bits per heavy atom. The number of aromatic nitrogens is 6. The maximum atomic E-state index is 12.9. The highest BCUT2D eigenvalue weighted by Gasteiger charge is 2.28.